The van der Waals surface area contributed by atoms with E-state index in [4.69, 9.17) is 12.2 Å². The SMILES string of the molecule is C#CCn1cc(CCC2(N)CC2)cn1. The molecule has 2 N–H and O–H groups in total. The highest BCUT2D eigenvalue weighted by molar-refractivity contribution is 5.09. The van der Waals surface area contributed by atoms with Gasteiger partial charge in [0.25, 0.3) is 0 Å². The lowest BCUT2D eigenvalue weighted by Crippen LogP contribution is -2.21. The van der Waals surface area contributed by atoms with Crippen molar-refractivity contribution < 1.29 is 0 Å². The summed E-state index contributed by atoms with van der Waals surface area (Å²) in [5.74, 6) is 2.56. The van der Waals surface area contributed by atoms with Crippen LogP contribution in [0.2, 0.25) is 0 Å². The van der Waals surface area contributed by atoms with Gasteiger partial charge in [0.2, 0.25) is 0 Å². The van der Waals surface area contributed by atoms with Gasteiger partial charge in [0.15, 0.2) is 0 Å². The van der Waals surface area contributed by atoms with Crippen LogP contribution < -0.4 is 5.73 Å². The topological polar surface area (TPSA) is 43.8 Å². The standard InChI is InChI=1S/C11H15N3/c1-2-7-14-9-10(8-13-14)3-4-11(12)5-6-11/h1,8-9H,3-7,12H2. The molecular formula is C11H15N3. The molecule has 0 saturated heterocycles. The van der Waals surface area contributed by atoms with E-state index in [1.165, 1.54) is 18.4 Å². The van der Waals surface area contributed by atoms with Crippen LogP contribution in [0, 0.1) is 12.3 Å². The Labute approximate surface area is 84.3 Å². The molecule has 0 unspecified atom stereocenters. The van der Waals surface area contributed by atoms with Gasteiger partial charge in [0, 0.05) is 11.7 Å². The van der Waals surface area contributed by atoms with Crippen LogP contribution in [-0.4, -0.2) is 15.3 Å². The fourth-order valence-corrected chi connectivity index (χ4v) is 1.52. The first-order valence-corrected chi connectivity index (χ1v) is 4.96. The summed E-state index contributed by atoms with van der Waals surface area (Å²) in [4.78, 5) is 0. The number of aryl methyl sites for hydroxylation is 1. The number of rotatable bonds is 4. The highest BCUT2D eigenvalue weighted by atomic mass is 15.3. The van der Waals surface area contributed by atoms with E-state index in [-0.39, 0.29) is 5.54 Å². The predicted molar refractivity (Wildman–Crippen MR) is 55.5 cm³/mol. The van der Waals surface area contributed by atoms with E-state index in [1.54, 1.807) is 4.68 Å². The van der Waals surface area contributed by atoms with Crippen molar-refractivity contribution in [1.29, 1.82) is 0 Å². The first-order valence-electron chi connectivity index (χ1n) is 4.96. The van der Waals surface area contributed by atoms with Crippen LogP contribution in [0.1, 0.15) is 24.8 Å². The largest absolute Gasteiger partial charge is 0.325 e. The Bertz CT molecular complexity index is 355. The van der Waals surface area contributed by atoms with Gasteiger partial charge in [-0.05, 0) is 31.2 Å². The average Bonchev–Trinajstić information content (AvgIpc) is 2.74. The van der Waals surface area contributed by atoms with Crippen molar-refractivity contribution in [2.75, 3.05) is 0 Å². The van der Waals surface area contributed by atoms with E-state index in [1.807, 2.05) is 12.4 Å². The second-order valence-electron chi connectivity index (χ2n) is 4.11. The molecule has 1 aliphatic carbocycles. The first-order chi connectivity index (χ1) is 6.72. The Morgan fingerprint density at radius 2 is 2.43 bits per heavy atom. The molecule has 3 nitrogen and oxygen atoms in total. The fraction of sp³-hybridized carbons (Fsp3) is 0.545. The van der Waals surface area contributed by atoms with Gasteiger partial charge in [-0.1, -0.05) is 5.92 Å². The van der Waals surface area contributed by atoms with Crippen molar-refractivity contribution in [2.45, 2.75) is 37.8 Å². The van der Waals surface area contributed by atoms with E-state index in [0.29, 0.717) is 6.54 Å². The Morgan fingerprint density at radius 1 is 1.64 bits per heavy atom. The molecule has 0 aromatic carbocycles. The number of nitrogens with two attached hydrogens (primary N) is 1. The normalized spacial score (nSPS) is 17.7. The van der Waals surface area contributed by atoms with Crippen molar-refractivity contribution in [3.05, 3.63) is 18.0 Å². The van der Waals surface area contributed by atoms with Gasteiger partial charge in [-0.15, -0.1) is 6.42 Å². The van der Waals surface area contributed by atoms with Gasteiger partial charge < -0.3 is 5.73 Å². The minimum Gasteiger partial charge on any atom is -0.325 e. The maximum atomic E-state index is 6.00. The molecule has 1 saturated carbocycles. The Hall–Kier alpha value is -1.27. The number of terminal acetylenes is 1. The first kappa shape index (κ1) is 9.29. The van der Waals surface area contributed by atoms with Gasteiger partial charge in [-0.25, -0.2) is 0 Å². The minimum atomic E-state index is 0.133. The molecule has 1 fully saturated rings. The smallest absolute Gasteiger partial charge is 0.101 e. The highest BCUT2D eigenvalue weighted by Crippen LogP contribution is 2.36. The van der Waals surface area contributed by atoms with Crippen molar-refractivity contribution in [1.82, 2.24) is 9.78 Å². The quantitative estimate of drug-likeness (QED) is 0.716. The van der Waals surface area contributed by atoms with E-state index in [9.17, 15) is 0 Å². The predicted octanol–water partition coefficient (Wildman–Crippen LogP) is 0.940. The van der Waals surface area contributed by atoms with Crippen LogP contribution in [-0.2, 0) is 13.0 Å². The van der Waals surface area contributed by atoms with Crippen LogP contribution >= 0.6 is 0 Å². The fourth-order valence-electron chi connectivity index (χ4n) is 1.52. The van der Waals surface area contributed by atoms with Crippen molar-refractivity contribution in [3.63, 3.8) is 0 Å². The molecule has 0 amide bonds. The van der Waals surface area contributed by atoms with E-state index < -0.39 is 0 Å². The summed E-state index contributed by atoms with van der Waals surface area (Å²) in [5, 5.41) is 4.16. The second kappa shape index (κ2) is 3.47. The van der Waals surface area contributed by atoms with Gasteiger partial charge >= 0.3 is 0 Å². The third-order valence-electron chi connectivity index (χ3n) is 2.74. The third kappa shape index (κ3) is 2.15. The van der Waals surface area contributed by atoms with E-state index in [2.05, 4.69) is 11.0 Å². The van der Waals surface area contributed by atoms with Crippen LogP contribution in [0.15, 0.2) is 12.4 Å². The molecule has 1 heterocycles. The molecule has 0 aliphatic heterocycles. The average molecular weight is 189 g/mol. The summed E-state index contributed by atoms with van der Waals surface area (Å²) in [6, 6.07) is 0. The maximum Gasteiger partial charge on any atom is 0.101 e. The molecule has 0 bridgehead atoms. The zero-order valence-corrected chi connectivity index (χ0v) is 8.24. The van der Waals surface area contributed by atoms with Crippen molar-refractivity contribution >= 4 is 0 Å². The monoisotopic (exact) mass is 189 g/mol. The molecular weight excluding hydrogens is 174 g/mol. The van der Waals surface area contributed by atoms with Gasteiger partial charge in [0.1, 0.15) is 6.54 Å². The van der Waals surface area contributed by atoms with Crippen LogP contribution in [0.5, 0.6) is 0 Å². The lowest BCUT2D eigenvalue weighted by molar-refractivity contribution is 0.608. The molecule has 1 aromatic heterocycles. The second-order valence-corrected chi connectivity index (χ2v) is 4.11. The molecule has 74 valence electrons. The van der Waals surface area contributed by atoms with Gasteiger partial charge in [-0.3, -0.25) is 4.68 Å². The molecule has 0 radical (unpaired) electrons. The molecule has 0 atom stereocenters. The molecule has 1 aliphatic rings. The summed E-state index contributed by atoms with van der Waals surface area (Å²) in [6.07, 6.45) is 13.5. The minimum absolute atomic E-state index is 0.133. The lowest BCUT2D eigenvalue weighted by Gasteiger charge is -2.05. The van der Waals surface area contributed by atoms with Gasteiger partial charge in [-0.2, -0.15) is 5.10 Å². The number of hydrogen-bond donors (Lipinski definition) is 1. The maximum absolute atomic E-state index is 6.00. The van der Waals surface area contributed by atoms with Crippen LogP contribution in [0.25, 0.3) is 0 Å². The van der Waals surface area contributed by atoms with Crippen LogP contribution in [0.4, 0.5) is 0 Å². The summed E-state index contributed by atoms with van der Waals surface area (Å²) in [7, 11) is 0. The molecule has 14 heavy (non-hydrogen) atoms. The van der Waals surface area contributed by atoms with E-state index >= 15 is 0 Å². The Morgan fingerprint density at radius 3 is 3.07 bits per heavy atom. The summed E-state index contributed by atoms with van der Waals surface area (Å²) in [6.45, 7) is 0.549. The number of hydrogen-bond acceptors (Lipinski definition) is 2. The summed E-state index contributed by atoms with van der Waals surface area (Å²) < 4.78 is 1.78. The molecule has 2 rings (SSSR count). The van der Waals surface area contributed by atoms with Crippen molar-refractivity contribution in [3.8, 4) is 12.3 Å². The van der Waals surface area contributed by atoms with Crippen LogP contribution in [0.3, 0.4) is 0 Å². The molecule has 0 spiro atoms. The Balaban J connectivity index is 1.87. The highest BCUT2D eigenvalue weighted by Gasteiger charge is 2.37. The summed E-state index contributed by atoms with van der Waals surface area (Å²) in [5.41, 5.74) is 7.37. The van der Waals surface area contributed by atoms with E-state index in [0.717, 1.165) is 12.8 Å². The Kier molecular flexibility index (Phi) is 2.30. The summed E-state index contributed by atoms with van der Waals surface area (Å²) >= 11 is 0. The third-order valence-corrected chi connectivity index (χ3v) is 2.74. The van der Waals surface area contributed by atoms with Crippen molar-refractivity contribution in [2.24, 2.45) is 5.73 Å². The zero-order valence-electron chi connectivity index (χ0n) is 8.24. The lowest BCUT2D eigenvalue weighted by atomic mass is 10.1. The van der Waals surface area contributed by atoms with Gasteiger partial charge in [0.05, 0.1) is 6.20 Å². The zero-order chi connectivity index (χ0) is 10.0. The molecule has 1 aromatic rings. The number of nitrogens with zero attached hydrogens (tertiary/aromatic N) is 2. The number of aromatic nitrogens is 2. The molecule has 3 heteroatoms.